The van der Waals surface area contributed by atoms with Gasteiger partial charge in [-0.3, -0.25) is 0 Å². The number of aromatic amines is 1. The summed E-state index contributed by atoms with van der Waals surface area (Å²) in [4.78, 5) is 8.41. The minimum Gasteiger partial charge on any atom is -0.410 e. The number of nitrogens with zero attached hydrogens (tertiary/aromatic N) is 3. The second-order valence-corrected chi connectivity index (χ2v) is 8.53. The van der Waals surface area contributed by atoms with Gasteiger partial charge < -0.3 is 9.40 Å². The van der Waals surface area contributed by atoms with E-state index in [1.807, 2.05) is 48.5 Å². The molecule has 3 aromatic carbocycles. The Morgan fingerprint density at radius 3 is 2.48 bits per heavy atom. The summed E-state index contributed by atoms with van der Waals surface area (Å²) in [6.07, 6.45) is 0. The van der Waals surface area contributed by atoms with Crippen LogP contribution in [-0.4, -0.2) is 20.2 Å². The molecule has 0 aliphatic rings. The third kappa shape index (κ3) is 3.76. The smallest absolute Gasteiger partial charge is 0.277 e. The van der Waals surface area contributed by atoms with Gasteiger partial charge in [0.05, 0.1) is 11.2 Å². The minimum atomic E-state index is -0.253. The lowest BCUT2D eigenvalue weighted by atomic mass is 10.1. The molecule has 1 N–H and O–H groups in total. The summed E-state index contributed by atoms with van der Waals surface area (Å²) in [5.41, 5.74) is 5.44. The largest absolute Gasteiger partial charge is 0.410 e. The molecule has 0 aliphatic carbocycles. The Hall–Kier alpha value is -3.97. The van der Waals surface area contributed by atoms with Crippen LogP contribution in [0.3, 0.4) is 0 Å². The second kappa shape index (κ2) is 8.18. The number of benzene rings is 3. The molecule has 3 aromatic heterocycles. The maximum Gasteiger partial charge on any atom is 0.277 e. The molecular weight excluding hydrogens is 435 g/mol. The molecule has 7 heteroatoms. The summed E-state index contributed by atoms with van der Waals surface area (Å²) in [7, 11) is 0. The van der Waals surface area contributed by atoms with Crippen molar-refractivity contribution in [1.29, 1.82) is 0 Å². The van der Waals surface area contributed by atoms with E-state index >= 15 is 0 Å². The van der Waals surface area contributed by atoms with Crippen LogP contribution in [0.4, 0.5) is 4.39 Å². The Balaban J connectivity index is 1.41. The fourth-order valence-electron chi connectivity index (χ4n) is 3.86. The molecule has 6 rings (SSSR count). The van der Waals surface area contributed by atoms with Crippen molar-refractivity contribution in [1.82, 2.24) is 20.2 Å². The summed E-state index contributed by atoms with van der Waals surface area (Å²) >= 11 is 1.41. The molecule has 5 nitrogen and oxygen atoms in total. The van der Waals surface area contributed by atoms with E-state index < -0.39 is 0 Å². The van der Waals surface area contributed by atoms with Crippen molar-refractivity contribution < 1.29 is 8.81 Å². The third-order valence-corrected chi connectivity index (χ3v) is 6.33. The molecule has 33 heavy (non-hydrogen) atoms. The number of H-pyrrole nitrogens is 1. The number of fused-ring (bicyclic) bond motifs is 3. The van der Waals surface area contributed by atoms with Gasteiger partial charge >= 0.3 is 0 Å². The Labute approximate surface area is 192 Å². The van der Waals surface area contributed by atoms with Gasteiger partial charge in [0.1, 0.15) is 11.5 Å². The number of hydrogen-bond acceptors (Lipinski definition) is 5. The predicted molar refractivity (Wildman–Crippen MR) is 128 cm³/mol. The molecule has 0 aliphatic heterocycles. The zero-order valence-electron chi connectivity index (χ0n) is 17.3. The average Bonchev–Trinajstić information content (AvgIpc) is 3.48. The molecule has 0 saturated heterocycles. The van der Waals surface area contributed by atoms with Gasteiger partial charge in [0.25, 0.3) is 11.1 Å². The van der Waals surface area contributed by atoms with Crippen LogP contribution in [0.15, 0.2) is 94.6 Å². The van der Waals surface area contributed by atoms with Crippen LogP contribution in [0.25, 0.3) is 44.6 Å². The van der Waals surface area contributed by atoms with Crippen molar-refractivity contribution in [2.75, 3.05) is 0 Å². The highest BCUT2D eigenvalue weighted by molar-refractivity contribution is 7.98. The number of rotatable bonds is 5. The van der Waals surface area contributed by atoms with Gasteiger partial charge in [-0.05, 0) is 29.8 Å². The molecule has 0 spiro atoms. The van der Waals surface area contributed by atoms with Gasteiger partial charge in [-0.25, -0.2) is 9.37 Å². The number of nitrogens with one attached hydrogen (secondary N) is 1. The van der Waals surface area contributed by atoms with Crippen LogP contribution in [0, 0.1) is 5.82 Å². The van der Waals surface area contributed by atoms with Gasteiger partial charge in [0, 0.05) is 27.6 Å². The zero-order chi connectivity index (χ0) is 22.2. The molecule has 0 unspecified atom stereocenters. The highest BCUT2D eigenvalue weighted by Crippen LogP contribution is 2.35. The summed E-state index contributed by atoms with van der Waals surface area (Å²) in [6, 6.07) is 26.6. The van der Waals surface area contributed by atoms with Crippen molar-refractivity contribution in [3.05, 3.63) is 96.3 Å². The lowest BCUT2D eigenvalue weighted by Crippen LogP contribution is -1.90. The minimum absolute atomic E-state index is 0.253. The molecule has 0 bridgehead atoms. The van der Waals surface area contributed by atoms with Crippen LogP contribution < -0.4 is 0 Å². The van der Waals surface area contributed by atoms with E-state index in [2.05, 4.69) is 27.3 Å². The van der Waals surface area contributed by atoms with Crippen molar-refractivity contribution in [2.24, 2.45) is 0 Å². The third-order valence-electron chi connectivity index (χ3n) is 5.44. The number of hydrogen-bond donors (Lipinski definition) is 1. The quantitative estimate of drug-likeness (QED) is 0.289. The van der Waals surface area contributed by atoms with Crippen LogP contribution in [0.5, 0.6) is 0 Å². The lowest BCUT2D eigenvalue weighted by molar-refractivity contribution is 0.464. The Bertz CT molecular complexity index is 1580. The monoisotopic (exact) mass is 452 g/mol. The highest BCUT2D eigenvalue weighted by atomic mass is 32.2. The number of aromatic nitrogens is 4. The fourth-order valence-corrected chi connectivity index (χ4v) is 4.58. The van der Waals surface area contributed by atoms with Crippen LogP contribution in [0.2, 0.25) is 0 Å². The molecule has 0 atom stereocenters. The highest BCUT2D eigenvalue weighted by Gasteiger charge is 2.17. The fraction of sp³-hybridized carbons (Fsp3) is 0.0385. The first-order valence-electron chi connectivity index (χ1n) is 10.4. The number of para-hydroxylation sites is 1. The topological polar surface area (TPSA) is 67.6 Å². The van der Waals surface area contributed by atoms with E-state index in [1.54, 1.807) is 12.1 Å². The first-order valence-corrected chi connectivity index (χ1v) is 11.4. The van der Waals surface area contributed by atoms with E-state index in [4.69, 9.17) is 9.40 Å². The molecule has 0 amide bonds. The number of thioether (sulfide) groups is 1. The SMILES string of the molecule is Fc1ccc(CSc2nnc(-c3cc4c([nH]c5ccccc54)c(-c4ccccc4)n3)o2)cc1. The second-order valence-electron chi connectivity index (χ2n) is 7.60. The van der Waals surface area contributed by atoms with Crippen LogP contribution in [0.1, 0.15) is 5.56 Å². The first-order chi connectivity index (χ1) is 16.2. The normalized spacial score (nSPS) is 11.4. The van der Waals surface area contributed by atoms with Crippen LogP contribution in [-0.2, 0) is 5.75 Å². The van der Waals surface area contributed by atoms with Crippen molar-refractivity contribution in [3.63, 3.8) is 0 Å². The number of halogens is 1. The molecule has 0 saturated carbocycles. The molecule has 3 heterocycles. The zero-order valence-corrected chi connectivity index (χ0v) is 18.1. The van der Waals surface area contributed by atoms with E-state index in [0.29, 0.717) is 22.6 Å². The summed E-state index contributed by atoms with van der Waals surface area (Å²) in [6.45, 7) is 0. The average molecular weight is 453 g/mol. The van der Waals surface area contributed by atoms with E-state index in [1.165, 1.54) is 23.9 Å². The Kier molecular flexibility index (Phi) is 4.88. The van der Waals surface area contributed by atoms with Gasteiger partial charge in [-0.1, -0.05) is 72.4 Å². The number of pyridine rings is 1. The molecule has 160 valence electrons. The summed E-state index contributed by atoms with van der Waals surface area (Å²) < 4.78 is 19.1. The van der Waals surface area contributed by atoms with E-state index in [9.17, 15) is 4.39 Å². The van der Waals surface area contributed by atoms with E-state index in [0.717, 1.165) is 38.6 Å². The Morgan fingerprint density at radius 1 is 0.848 bits per heavy atom. The Morgan fingerprint density at radius 2 is 1.64 bits per heavy atom. The molecular formula is C26H17FN4OS. The van der Waals surface area contributed by atoms with Gasteiger partial charge in [0.2, 0.25) is 0 Å². The van der Waals surface area contributed by atoms with Crippen LogP contribution >= 0.6 is 11.8 Å². The molecule has 6 aromatic rings. The van der Waals surface area contributed by atoms with Gasteiger partial charge in [-0.15, -0.1) is 10.2 Å². The van der Waals surface area contributed by atoms with Crippen molar-refractivity contribution in [3.8, 4) is 22.8 Å². The van der Waals surface area contributed by atoms with Crippen molar-refractivity contribution in [2.45, 2.75) is 11.0 Å². The maximum atomic E-state index is 13.1. The van der Waals surface area contributed by atoms with Gasteiger partial charge in [0.15, 0.2) is 0 Å². The van der Waals surface area contributed by atoms with Gasteiger partial charge in [-0.2, -0.15) is 0 Å². The first kappa shape index (κ1) is 19.7. The molecule has 0 fully saturated rings. The molecule has 0 radical (unpaired) electrons. The summed E-state index contributed by atoms with van der Waals surface area (Å²) in [5.74, 6) is 0.712. The van der Waals surface area contributed by atoms with Crippen molar-refractivity contribution >= 4 is 33.6 Å². The predicted octanol–water partition coefficient (Wildman–Crippen LogP) is 6.86. The lowest BCUT2D eigenvalue weighted by Gasteiger charge is -2.05. The standard InChI is InChI=1S/C26H17FN4OS/c27-18-12-10-16(11-13-18)15-33-26-31-30-25(32-26)22-14-20-19-8-4-5-9-21(19)28-24(20)23(29-22)17-6-2-1-3-7-17/h1-14,28H,15H2. The van der Waals surface area contributed by atoms with E-state index in [-0.39, 0.29) is 5.82 Å². The summed E-state index contributed by atoms with van der Waals surface area (Å²) in [5, 5.41) is 11.0. The maximum absolute atomic E-state index is 13.1.